The van der Waals surface area contributed by atoms with Gasteiger partial charge in [-0.1, -0.05) is 0 Å². The molecule has 3 nitrogen and oxygen atoms in total. The summed E-state index contributed by atoms with van der Waals surface area (Å²) in [5, 5.41) is 8.81. The van der Waals surface area contributed by atoms with Crippen molar-refractivity contribution in [3.05, 3.63) is 10.1 Å². The predicted molar refractivity (Wildman–Crippen MR) is 20.2 cm³/mol. The first-order valence-electron chi connectivity index (χ1n) is 0.812. The number of nitro groups is 1. The highest BCUT2D eigenvalue weighted by molar-refractivity contribution is 5.85. The van der Waals surface area contributed by atoms with E-state index in [1.54, 1.807) is 0 Å². The fourth-order valence-electron chi connectivity index (χ4n) is 0. The number of nitrogens with zero attached hydrogens (tertiary/aromatic N) is 1. The second-order valence-corrected chi connectivity index (χ2v) is 0.440. The van der Waals surface area contributed by atoms with Crippen LogP contribution in [-0.4, -0.2) is 12.0 Å². The van der Waals surface area contributed by atoms with Gasteiger partial charge in [-0.15, -0.1) is 12.4 Å². The first-order chi connectivity index (χ1) is 1.73. The molecule has 0 aliphatic heterocycles. The minimum absolute atomic E-state index is 0. The smallest absolute Gasteiger partial charge is 0.194 e. The molecule has 0 saturated carbocycles. The molecule has 0 spiro atoms. The molecule has 0 aliphatic carbocycles. The van der Waals surface area contributed by atoms with E-state index >= 15 is 0 Å². The third kappa shape index (κ3) is 110. The van der Waals surface area contributed by atoms with Gasteiger partial charge in [0.2, 0.25) is 0 Å². The van der Waals surface area contributed by atoms with Crippen molar-refractivity contribution >= 4 is 12.4 Å². The summed E-state index contributed by atoms with van der Waals surface area (Å²) in [7, 11) is 0.889. The van der Waals surface area contributed by atoms with Crippen molar-refractivity contribution in [1.82, 2.24) is 0 Å². The molecule has 0 amide bonds. The third-order valence-corrected chi connectivity index (χ3v) is 0. The van der Waals surface area contributed by atoms with Gasteiger partial charge in [-0.25, -0.2) is 0 Å². The molecule has 0 aromatic heterocycles. The van der Waals surface area contributed by atoms with Crippen LogP contribution in [0.4, 0.5) is 0 Å². The molecule has 0 aromatic carbocycles. The van der Waals surface area contributed by atoms with E-state index in [4.69, 9.17) is 10.1 Å². The van der Waals surface area contributed by atoms with Crippen LogP contribution in [0.1, 0.15) is 0 Å². The second-order valence-electron chi connectivity index (χ2n) is 0.440. The lowest BCUT2D eigenvalue weighted by molar-refractivity contribution is -0.445. The van der Waals surface area contributed by atoms with Crippen molar-refractivity contribution < 1.29 is 4.92 Å². The lowest BCUT2D eigenvalue weighted by Crippen LogP contribution is -1.79. The lowest BCUT2D eigenvalue weighted by atomic mass is 11.5. The fraction of sp³-hybridized carbons (Fsp3) is 1.00. The van der Waals surface area contributed by atoms with Crippen LogP contribution >= 0.6 is 12.4 Å². The van der Waals surface area contributed by atoms with Gasteiger partial charge in [-0.2, -0.15) is 0 Å². The van der Waals surface area contributed by atoms with Gasteiger partial charge >= 0.3 is 0 Å². The maximum absolute atomic E-state index is 8.81. The van der Waals surface area contributed by atoms with Crippen LogP contribution in [-0.2, 0) is 0 Å². The van der Waals surface area contributed by atoms with E-state index in [1.165, 1.54) is 0 Å². The molecule has 0 heterocycles. The van der Waals surface area contributed by atoms with Gasteiger partial charge in [0.15, 0.2) is 7.05 Å². The highest BCUT2D eigenvalue weighted by atomic mass is 35.5. The highest BCUT2D eigenvalue weighted by Gasteiger charge is 1.57. The van der Waals surface area contributed by atoms with Crippen molar-refractivity contribution in [2.75, 3.05) is 7.05 Å². The van der Waals surface area contributed by atoms with Gasteiger partial charge in [0.1, 0.15) is 0 Å². The summed E-state index contributed by atoms with van der Waals surface area (Å²) in [6.07, 6.45) is 0. The quantitative estimate of drug-likeness (QED) is 0.323. The largest absolute Gasteiger partial charge is 0.265 e. The summed E-state index contributed by atoms with van der Waals surface area (Å²) in [5.74, 6) is 0. The fourth-order valence-corrected chi connectivity index (χ4v) is 0. The normalized spacial score (nSPS) is 5.00. The van der Waals surface area contributed by atoms with Crippen molar-refractivity contribution in [3.8, 4) is 0 Å². The maximum Gasteiger partial charge on any atom is 0.194 e. The monoisotopic (exact) mass is 97.0 g/mol. The van der Waals surface area contributed by atoms with E-state index < -0.39 is 4.92 Å². The van der Waals surface area contributed by atoms with Crippen LogP contribution in [0, 0.1) is 10.1 Å². The van der Waals surface area contributed by atoms with Gasteiger partial charge < -0.3 is 0 Å². The Labute approximate surface area is 35.5 Å². The number of rotatable bonds is 0. The van der Waals surface area contributed by atoms with Gasteiger partial charge in [-0.05, 0) is 0 Å². The first kappa shape index (κ1) is 8.83. The van der Waals surface area contributed by atoms with E-state index in [1.807, 2.05) is 0 Å². The molecule has 5 heavy (non-hydrogen) atoms. The zero-order chi connectivity index (χ0) is 3.58. The van der Waals surface area contributed by atoms with Gasteiger partial charge in [0.25, 0.3) is 0 Å². The summed E-state index contributed by atoms with van der Waals surface area (Å²) in [6, 6.07) is 0. The molecule has 0 aliphatic rings. The molecule has 0 saturated heterocycles. The highest BCUT2D eigenvalue weighted by Crippen LogP contribution is 1.39. The van der Waals surface area contributed by atoms with Gasteiger partial charge in [-0.3, -0.25) is 10.1 Å². The van der Waals surface area contributed by atoms with Crippen molar-refractivity contribution in [3.63, 3.8) is 0 Å². The van der Waals surface area contributed by atoms with Crippen LogP contribution in [0.25, 0.3) is 0 Å². The Kier molecular flexibility index (Phi) is 6.51. The summed E-state index contributed by atoms with van der Waals surface area (Å²) in [5.41, 5.74) is 0. The summed E-state index contributed by atoms with van der Waals surface area (Å²) in [6.45, 7) is 0. The van der Waals surface area contributed by atoms with Gasteiger partial charge in [0.05, 0.1) is 0 Å². The SMILES string of the molecule is C[N+](=O)[O-].Cl. The Balaban J connectivity index is 0. The molecule has 4 heteroatoms. The molecular weight excluding hydrogens is 93.5 g/mol. The molecule has 0 unspecified atom stereocenters. The molecule has 32 valence electrons. The molecule has 0 fully saturated rings. The predicted octanol–water partition coefficient (Wildman–Crippen LogP) is 0.315. The molecule has 0 N–H and O–H groups in total. The molecule has 0 aromatic rings. The molecule has 0 radical (unpaired) electrons. The molecular formula is CH4ClNO2. The average Bonchev–Trinajstić information content (AvgIpc) is 0.811. The van der Waals surface area contributed by atoms with Crippen molar-refractivity contribution in [2.24, 2.45) is 0 Å². The minimum Gasteiger partial charge on any atom is -0.265 e. The third-order valence-electron chi connectivity index (χ3n) is 0. The number of hydrogen-bond donors (Lipinski definition) is 0. The van der Waals surface area contributed by atoms with Crippen molar-refractivity contribution in [2.45, 2.75) is 0 Å². The Morgan fingerprint density at radius 1 is 1.80 bits per heavy atom. The van der Waals surface area contributed by atoms with Crippen LogP contribution < -0.4 is 0 Å². The molecule has 0 rings (SSSR count). The van der Waals surface area contributed by atoms with Crippen LogP contribution in [0.15, 0.2) is 0 Å². The van der Waals surface area contributed by atoms with E-state index in [-0.39, 0.29) is 12.4 Å². The Bertz CT molecular complexity index is 32.6. The van der Waals surface area contributed by atoms with Crippen LogP contribution in [0.3, 0.4) is 0 Å². The Morgan fingerprint density at radius 2 is 1.80 bits per heavy atom. The summed E-state index contributed by atoms with van der Waals surface area (Å²) in [4.78, 5) is 8.31. The maximum atomic E-state index is 8.81. The van der Waals surface area contributed by atoms with Crippen LogP contribution in [0.2, 0.25) is 0 Å². The van der Waals surface area contributed by atoms with E-state index in [9.17, 15) is 0 Å². The summed E-state index contributed by atoms with van der Waals surface area (Å²) < 4.78 is 0. The standard InChI is InChI=1S/CH3NO2.ClH/c1-2(3)4;/h1H3;1H. The minimum atomic E-state index is -0.500. The van der Waals surface area contributed by atoms with E-state index in [0.717, 1.165) is 7.05 Å². The average molecular weight is 97.5 g/mol. The lowest BCUT2D eigenvalue weighted by Gasteiger charge is -1.63. The molecule has 0 bridgehead atoms. The zero-order valence-electron chi connectivity index (χ0n) is 2.67. The second kappa shape index (κ2) is 3.69. The number of hydrogen-bond acceptors (Lipinski definition) is 2. The summed E-state index contributed by atoms with van der Waals surface area (Å²) >= 11 is 0. The number of halogens is 1. The Morgan fingerprint density at radius 3 is 1.80 bits per heavy atom. The van der Waals surface area contributed by atoms with E-state index in [2.05, 4.69) is 0 Å². The first-order valence-corrected chi connectivity index (χ1v) is 0.812. The van der Waals surface area contributed by atoms with Crippen molar-refractivity contribution in [1.29, 1.82) is 0 Å². The topological polar surface area (TPSA) is 43.1 Å². The zero-order valence-corrected chi connectivity index (χ0v) is 3.49. The van der Waals surface area contributed by atoms with E-state index in [0.29, 0.717) is 0 Å². The molecule has 0 atom stereocenters. The van der Waals surface area contributed by atoms with Crippen LogP contribution in [0.5, 0.6) is 0 Å². The Hall–Kier alpha value is -0.310. The van der Waals surface area contributed by atoms with Gasteiger partial charge in [0, 0.05) is 4.92 Å².